The average Bonchev–Trinajstić information content (AvgIpc) is 3.20. The first-order valence-corrected chi connectivity index (χ1v) is 8.61. The van der Waals surface area contributed by atoms with E-state index >= 15 is 0 Å². The zero-order chi connectivity index (χ0) is 16.4. The van der Waals surface area contributed by atoms with Crippen LogP contribution < -0.4 is 5.32 Å². The maximum Gasteiger partial charge on any atom is 0.345 e. The summed E-state index contributed by atoms with van der Waals surface area (Å²) in [6.07, 6.45) is 4.63. The molecule has 1 aromatic heterocycles. The molecule has 1 N–H and O–H groups in total. The lowest BCUT2D eigenvalue weighted by molar-refractivity contribution is -0.118. The van der Waals surface area contributed by atoms with Crippen LogP contribution in [-0.2, 0) is 19.7 Å². The lowest BCUT2D eigenvalue weighted by atomic mass is 10.2. The highest BCUT2D eigenvalue weighted by atomic mass is 32.2. The number of nitrogens with zero attached hydrogens (tertiary/aromatic N) is 2. The van der Waals surface area contributed by atoms with E-state index in [1.807, 2.05) is 0 Å². The summed E-state index contributed by atoms with van der Waals surface area (Å²) in [6, 6.07) is 3.20. The van der Waals surface area contributed by atoms with E-state index in [1.54, 1.807) is 12.1 Å². The SMILES string of the molecule is CN1C(C(=O)NC[C@H]2CCCO2)=CC(c2ccco2)=NS1(=O)=O. The first kappa shape index (κ1) is 15.8. The molecular formula is C14H17N3O5S. The van der Waals surface area contributed by atoms with Crippen molar-refractivity contribution in [3.8, 4) is 0 Å². The number of ether oxygens (including phenoxy) is 1. The summed E-state index contributed by atoms with van der Waals surface area (Å²) < 4.78 is 39.3. The zero-order valence-electron chi connectivity index (χ0n) is 12.6. The minimum absolute atomic E-state index is 0.00982. The first-order valence-electron chi connectivity index (χ1n) is 7.21. The van der Waals surface area contributed by atoms with Gasteiger partial charge in [-0.3, -0.25) is 4.79 Å². The number of amides is 1. The predicted octanol–water partition coefficient (Wildman–Crippen LogP) is 0.438. The maximum atomic E-state index is 12.3. The normalized spacial score (nSPS) is 23.3. The molecule has 2 aliphatic rings. The lowest BCUT2D eigenvalue weighted by Gasteiger charge is -2.23. The van der Waals surface area contributed by atoms with Crippen LogP contribution in [0.2, 0.25) is 0 Å². The molecule has 0 radical (unpaired) electrons. The zero-order valence-corrected chi connectivity index (χ0v) is 13.4. The van der Waals surface area contributed by atoms with Crippen LogP contribution >= 0.6 is 0 Å². The van der Waals surface area contributed by atoms with Gasteiger partial charge in [-0.05, 0) is 31.1 Å². The fourth-order valence-corrected chi connectivity index (χ4v) is 3.31. The summed E-state index contributed by atoms with van der Waals surface area (Å²) in [5, 5.41) is 2.70. The van der Waals surface area contributed by atoms with Crippen LogP contribution in [0.3, 0.4) is 0 Å². The van der Waals surface area contributed by atoms with Gasteiger partial charge in [0.2, 0.25) is 0 Å². The van der Waals surface area contributed by atoms with Crippen molar-refractivity contribution < 1.29 is 22.4 Å². The largest absolute Gasteiger partial charge is 0.463 e. The molecule has 0 unspecified atom stereocenters. The van der Waals surface area contributed by atoms with E-state index < -0.39 is 16.1 Å². The number of likely N-dealkylation sites (N-methyl/N-ethyl adjacent to an activating group) is 1. The number of hydrogen-bond acceptors (Lipinski definition) is 5. The van der Waals surface area contributed by atoms with E-state index in [1.165, 1.54) is 19.4 Å². The number of carbonyl (C=O) groups is 1. The van der Waals surface area contributed by atoms with Crippen molar-refractivity contribution >= 4 is 21.8 Å². The number of rotatable bonds is 4. The third-order valence-electron chi connectivity index (χ3n) is 3.69. The standard InChI is InChI=1S/C14H17N3O5S/c1-17-12(14(18)15-9-10-4-2-6-21-10)8-11(16-23(17,19)20)13-5-3-7-22-13/h3,5,7-8,10H,2,4,6,9H2,1H3,(H,15,18)/t10-/m1/s1. The fraction of sp³-hybridized carbons (Fsp3) is 0.429. The van der Waals surface area contributed by atoms with Crippen LogP contribution in [0.1, 0.15) is 18.6 Å². The Morgan fingerprint density at radius 2 is 2.35 bits per heavy atom. The van der Waals surface area contributed by atoms with Gasteiger partial charge in [0.25, 0.3) is 5.91 Å². The molecule has 0 aliphatic carbocycles. The summed E-state index contributed by atoms with van der Waals surface area (Å²) >= 11 is 0. The lowest BCUT2D eigenvalue weighted by Crippen LogP contribution is -2.40. The van der Waals surface area contributed by atoms with Gasteiger partial charge in [0.15, 0.2) is 5.76 Å². The Bertz CT molecular complexity index is 745. The molecule has 1 fully saturated rings. The van der Waals surface area contributed by atoms with Gasteiger partial charge >= 0.3 is 10.2 Å². The number of hydrogen-bond donors (Lipinski definition) is 1. The van der Waals surface area contributed by atoms with E-state index in [2.05, 4.69) is 9.71 Å². The Hall–Kier alpha value is -2.13. The van der Waals surface area contributed by atoms with Crippen LogP contribution in [0.25, 0.3) is 0 Å². The van der Waals surface area contributed by atoms with Gasteiger partial charge in [-0.1, -0.05) is 0 Å². The molecule has 3 heterocycles. The third-order valence-corrected chi connectivity index (χ3v) is 5.01. The summed E-state index contributed by atoms with van der Waals surface area (Å²) in [6.45, 7) is 1.03. The van der Waals surface area contributed by atoms with E-state index in [4.69, 9.17) is 9.15 Å². The number of nitrogens with one attached hydrogen (secondary N) is 1. The molecule has 9 heteroatoms. The molecule has 1 amide bonds. The summed E-state index contributed by atoms with van der Waals surface area (Å²) in [5.74, 6) is -0.211. The van der Waals surface area contributed by atoms with Crippen LogP contribution in [0, 0.1) is 0 Å². The second kappa shape index (κ2) is 6.17. The smallest absolute Gasteiger partial charge is 0.345 e. The first-order chi connectivity index (χ1) is 11.0. The van der Waals surface area contributed by atoms with E-state index in [-0.39, 0.29) is 23.3 Å². The van der Waals surface area contributed by atoms with Crippen LogP contribution in [0.5, 0.6) is 0 Å². The van der Waals surface area contributed by atoms with Crippen molar-refractivity contribution in [1.82, 2.24) is 9.62 Å². The number of allylic oxidation sites excluding steroid dienone is 1. The van der Waals surface area contributed by atoms with Crippen molar-refractivity contribution in [3.05, 3.63) is 35.9 Å². The molecule has 0 saturated carbocycles. The molecule has 1 aromatic rings. The van der Waals surface area contributed by atoms with Crippen LogP contribution in [-0.4, -0.2) is 50.6 Å². The van der Waals surface area contributed by atoms with Gasteiger partial charge in [-0.2, -0.15) is 8.42 Å². The maximum absolute atomic E-state index is 12.3. The summed E-state index contributed by atoms with van der Waals surface area (Å²) in [7, 11) is -2.68. The molecule has 124 valence electrons. The highest BCUT2D eigenvalue weighted by Gasteiger charge is 2.31. The molecule has 1 saturated heterocycles. The number of furan rings is 1. The Balaban J connectivity index is 1.81. The minimum Gasteiger partial charge on any atom is -0.463 e. The third kappa shape index (κ3) is 3.30. The Morgan fingerprint density at radius 3 is 3.00 bits per heavy atom. The molecule has 0 bridgehead atoms. The van der Waals surface area contributed by atoms with Crippen molar-refractivity contribution in [1.29, 1.82) is 0 Å². The topological polar surface area (TPSA) is 101 Å². The van der Waals surface area contributed by atoms with Gasteiger partial charge in [0.05, 0.1) is 12.4 Å². The van der Waals surface area contributed by atoms with Crippen LogP contribution in [0.4, 0.5) is 0 Å². The van der Waals surface area contributed by atoms with Gasteiger partial charge in [0.1, 0.15) is 11.4 Å². The molecule has 1 atom stereocenters. The van der Waals surface area contributed by atoms with Gasteiger partial charge in [-0.15, -0.1) is 4.40 Å². The van der Waals surface area contributed by atoms with Crippen molar-refractivity contribution in [2.75, 3.05) is 20.2 Å². The molecule has 0 spiro atoms. The quantitative estimate of drug-likeness (QED) is 0.857. The predicted molar refractivity (Wildman–Crippen MR) is 82.0 cm³/mol. The molecule has 8 nitrogen and oxygen atoms in total. The second-order valence-corrected chi connectivity index (χ2v) is 6.90. The highest BCUT2D eigenvalue weighted by Crippen LogP contribution is 2.20. The Labute approximate surface area is 134 Å². The van der Waals surface area contributed by atoms with Crippen molar-refractivity contribution in [3.63, 3.8) is 0 Å². The number of carbonyl (C=O) groups excluding carboxylic acids is 1. The monoisotopic (exact) mass is 339 g/mol. The van der Waals surface area contributed by atoms with E-state index in [9.17, 15) is 13.2 Å². The van der Waals surface area contributed by atoms with Crippen LogP contribution in [0.15, 0.2) is 39.0 Å². The van der Waals surface area contributed by atoms with Gasteiger partial charge in [0, 0.05) is 20.2 Å². The Morgan fingerprint density at radius 1 is 1.52 bits per heavy atom. The molecule has 2 aliphatic heterocycles. The molecule has 0 aromatic carbocycles. The fourth-order valence-electron chi connectivity index (χ4n) is 2.41. The van der Waals surface area contributed by atoms with E-state index in [0.29, 0.717) is 13.2 Å². The molecule has 23 heavy (non-hydrogen) atoms. The van der Waals surface area contributed by atoms with Crippen molar-refractivity contribution in [2.45, 2.75) is 18.9 Å². The van der Waals surface area contributed by atoms with E-state index in [0.717, 1.165) is 17.1 Å². The highest BCUT2D eigenvalue weighted by molar-refractivity contribution is 7.88. The van der Waals surface area contributed by atoms with Crippen molar-refractivity contribution in [2.24, 2.45) is 4.40 Å². The average molecular weight is 339 g/mol. The summed E-state index contributed by atoms with van der Waals surface area (Å²) in [4.78, 5) is 12.3. The molecule has 3 rings (SSSR count). The molecular weight excluding hydrogens is 322 g/mol. The van der Waals surface area contributed by atoms with Gasteiger partial charge < -0.3 is 14.5 Å². The second-order valence-electron chi connectivity index (χ2n) is 5.27. The Kier molecular flexibility index (Phi) is 4.22. The summed E-state index contributed by atoms with van der Waals surface area (Å²) in [5.41, 5.74) is 0.0831. The van der Waals surface area contributed by atoms with Gasteiger partial charge in [-0.25, -0.2) is 4.31 Å². The minimum atomic E-state index is -3.97.